The van der Waals surface area contributed by atoms with Gasteiger partial charge in [-0.1, -0.05) is 29.8 Å². The summed E-state index contributed by atoms with van der Waals surface area (Å²) in [5.41, 5.74) is 5.79. The number of hydrogen-bond donors (Lipinski definition) is 2. The number of nitrogens with two attached hydrogens (primary N) is 1. The molecule has 6 nitrogen and oxygen atoms in total. The number of benzene rings is 1. The van der Waals surface area contributed by atoms with Crippen LogP contribution in [0.25, 0.3) is 0 Å². The highest BCUT2D eigenvalue weighted by Crippen LogP contribution is 2.34. The maximum Gasteiger partial charge on any atom is 0.312 e. The van der Waals surface area contributed by atoms with Crippen LogP contribution in [0.3, 0.4) is 0 Å². The minimum Gasteiger partial charge on any atom is -0.487 e. The van der Waals surface area contributed by atoms with E-state index < -0.39 is 4.92 Å². The van der Waals surface area contributed by atoms with E-state index in [1.165, 1.54) is 6.07 Å². The fourth-order valence-electron chi connectivity index (χ4n) is 1.86. The van der Waals surface area contributed by atoms with Crippen LogP contribution in [-0.2, 0) is 0 Å². The molecule has 0 aliphatic heterocycles. The van der Waals surface area contributed by atoms with E-state index >= 15 is 0 Å². The Morgan fingerprint density at radius 1 is 1.52 bits per heavy atom. The third kappa shape index (κ3) is 4.70. The number of nitrogens with one attached hydrogen (secondary N) is 1. The molecule has 0 amide bonds. The molecular weight excluding hydrogens is 338 g/mol. The summed E-state index contributed by atoms with van der Waals surface area (Å²) < 4.78 is 6.24. The molecule has 1 rings (SSSR count). The Morgan fingerprint density at radius 2 is 2.14 bits per heavy atom. The van der Waals surface area contributed by atoms with Crippen molar-refractivity contribution in [2.24, 2.45) is 11.1 Å². The fourth-order valence-corrected chi connectivity index (χ4v) is 2.42. The summed E-state index contributed by atoms with van der Waals surface area (Å²) >= 11 is 3.24. The van der Waals surface area contributed by atoms with Crippen LogP contribution in [0, 0.1) is 27.9 Å². The second-order valence-electron chi connectivity index (χ2n) is 5.58. The van der Waals surface area contributed by atoms with Gasteiger partial charge in [-0.3, -0.25) is 15.5 Å². The molecule has 0 aliphatic carbocycles. The third-order valence-electron chi connectivity index (χ3n) is 3.34. The van der Waals surface area contributed by atoms with Crippen molar-refractivity contribution >= 4 is 27.5 Å². The van der Waals surface area contributed by atoms with Crippen molar-refractivity contribution in [1.82, 2.24) is 0 Å². The van der Waals surface area contributed by atoms with Gasteiger partial charge >= 0.3 is 5.69 Å². The molecule has 0 spiro atoms. The Balaban J connectivity index is 2.72. The number of amidine groups is 1. The average Bonchev–Trinajstić information content (AvgIpc) is 2.35. The molecular formula is C14H20BrN3O3. The van der Waals surface area contributed by atoms with Crippen LogP contribution in [-0.4, -0.2) is 17.4 Å². The van der Waals surface area contributed by atoms with Crippen LogP contribution in [0.1, 0.15) is 32.3 Å². The molecule has 116 valence electrons. The molecule has 0 heterocycles. The first-order chi connectivity index (χ1) is 9.65. The van der Waals surface area contributed by atoms with Gasteiger partial charge in [-0.15, -0.1) is 0 Å². The van der Waals surface area contributed by atoms with E-state index in [9.17, 15) is 10.1 Å². The van der Waals surface area contributed by atoms with Crippen LogP contribution >= 0.6 is 15.9 Å². The van der Waals surface area contributed by atoms with Crippen LogP contribution < -0.4 is 10.5 Å². The summed E-state index contributed by atoms with van der Waals surface area (Å²) in [4.78, 5) is 10.6. The van der Waals surface area contributed by atoms with Gasteiger partial charge in [0.2, 0.25) is 0 Å². The first-order valence-electron chi connectivity index (χ1n) is 6.57. The van der Waals surface area contributed by atoms with Crippen molar-refractivity contribution in [3.63, 3.8) is 0 Å². The Bertz CT molecular complexity index is 559. The summed E-state index contributed by atoms with van der Waals surface area (Å²) in [6, 6.07) is 3.21. The Morgan fingerprint density at radius 3 is 2.67 bits per heavy atom. The minimum absolute atomic E-state index is 0.0484. The average molecular weight is 358 g/mol. The molecule has 0 aliphatic rings. The Kier molecular flexibility index (Phi) is 5.71. The third-order valence-corrected chi connectivity index (χ3v) is 3.80. The topological polar surface area (TPSA) is 102 Å². The maximum absolute atomic E-state index is 11.1. The lowest BCUT2D eigenvalue weighted by molar-refractivity contribution is -0.386. The number of nitro benzene ring substituents is 1. The fraction of sp³-hybridized carbons (Fsp3) is 0.500. The van der Waals surface area contributed by atoms with E-state index in [1.807, 2.05) is 13.8 Å². The van der Waals surface area contributed by atoms with E-state index in [1.54, 1.807) is 13.0 Å². The molecule has 0 saturated heterocycles. The van der Waals surface area contributed by atoms with Gasteiger partial charge in [0.1, 0.15) is 0 Å². The number of hydrogen-bond acceptors (Lipinski definition) is 4. The number of halogens is 1. The van der Waals surface area contributed by atoms with Gasteiger partial charge < -0.3 is 10.5 Å². The van der Waals surface area contributed by atoms with E-state index in [0.717, 1.165) is 0 Å². The molecule has 0 bridgehead atoms. The highest BCUT2D eigenvalue weighted by atomic mass is 79.9. The van der Waals surface area contributed by atoms with Gasteiger partial charge in [-0.2, -0.15) is 0 Å². The van der Waals surface area contributed by atoms with E-state index in [0.29, 0.717) is 35.2 Å². The molecule has 0 radical (unpaired) electrons. The van der Waals surface area contributed by atoms with Crippen molar-refractivity contribution < 1.29 is 9.66 Å². The second kappa shape index (κ2) is 6.89. The summed E-state index contributed by atoms with van der Waals surface area (Å²) in [7, 11) is 0. The van der Waals surface area contributed by atoms with Crippen molar-refractivity contribution in [1.29, 1.82) is 5.41 Å². The summed E-state index contributed by atoms with van der Waals surface area (Å²) in [5.74, 6) is 0.428. The second-order valence-corrected chi connectivity index (χ2v) is 6.49. The molecule has 3 N–H and O–H groups in total. The number of rotatable bonds is 7. The standard InChI is InChI=1S/C14H20BrN3O3/c1-9-7-10(15)8-11(18(19)20)12(9)21-6-4-5-14(2,3)13(16)17/h7-8H,4-6H2,1-3H3,(H3,16,17). The van der Waals surface area contributed by atoms with Gasteiger partial charge in [0, 0.05) is 16.0 Å². The van der Waals surface area contributed by atoms with Gasteiger partial charge in [0.25, 0.3) is 0 Å². The zero-order chi connectivity index (χ0) is 16.2. The van der Waals surface area contributed by atoms with E-state index in [4.69, 9.17) is 15.9 Å². The van der Waals surface area contributed by atoms with Crippen molar-refractivity contribution in [2.45, 2.75) is 33.6 Å². The van der Waals surface area contributed by atoms with Crippen LogP contribution in [0.4, 0.5) is 5.69 Å². The van der Waals surface area contributed by atoms with Gasteiger partial charge in [0.05, 0.1) is 17.4 Å². The Hall–Kier alpha value is -1.63. The molecule has 1 aromatic carbocycles. The summed E-state index contributed by atoms with van der Waals surface area (Å²) in [6.07, 6.45) is 1.35. The lowest BCUT2D eigenvalue weighted by Gasteiger charge is -2.22. The van der Waals surface area contributed by atoms with E-state index in [2.05, 4.69) is 15.9 Å². The molecule has 0 unspecified atom stereocenters. The molecule has 0 aromatic heterocycles. The molecule has 0 atom stereocenters. The van der Waals surface area contributed by atoms with Gasteiger partial charge in [-0.05, 0) is 31.4 Å². The maximum atomic E-state index is 11.1. The zero-order valence-corrected chi connectivity index (χ0v) is 14.0. The van der Waals surface area contributed by atoms with E-state index in [-0.39, 0.29) is 16.9 Å². The predicted molar refractivity (Wildman–Crippen MR) is 86.0 cm³/mol. The first kappa shape index (κ1) is 17.4. The monoisotopic (exact) mass is 357 g/mol. The SMILES string of the molecule is Cc1cc(Br)cc([N+](=O)[O-])c1OCCCC(C)(C)C(=N)N. The first-order valence-corrected chi connectivity index (χ1v) is 7.36. The van der Waals surface area contributed by atoms with Gasteiger partial charge in [-0.25, -0.2) is 0 Å². The normalized spacial score (nSPS) is 11.2. The zero-order valence-electron chi connectivity index (χ0n) is 12.4. The lowest BCUT2D eigenvalue weighted by atomic mass is 9.87. The summed E-state index contributed by atoms with van der Waals surface area (Å²) in [6.45, 7) is 5.90. The van der Waals surface area contributed by atoms with Crippen molar-refractivity contribution in [2.75, 3.05) is 6.61 Å². The molecule has 21 heavy (non-hydrogen) atoms. The lowest BCUT2D eigenvalue weighted by Crippen LogP contribution is -2.31. The number of nitrogens with zero attached hydrogens (tertiary/aromatic N) is 1. The largest absolute Gasteiger partial charge is 0.487 e. The minimum atomic E-state index is -0.452. The van der Waals surface area contributed by atoms with Crippen molar-refractivity contribution in [3.8, 4) is 5.75 Å². The quantitative estimate of drug-likeness (QED) is 0.254. The van der Waals surface area contributed by atoms with Crippen LogP contribution in [0.5, 0.6) is 5.75 Å². The number of aryl methyl sites for hydroxylation is 1. The van der Waals surface area contributed by atoms with Crippen molar-refractivity contribution in [3.05, 3.63) is 32.3 Å². The molecule has 1 aromatic rings. The van der Waals surface area contributed by atoms with Gasteiger partial charge in [0.15, 0.2) is 5.75 Å². The van der Waals surface area contributed by atoms with Crippen LogP contribution in [0.15, 0.2) is 16.6 Å². The number of nitro groups is 1. The molecule has 7 heteroatoms. The predicted octanol–water partition coefficient (Wildman–Crippen LogP) is 3.79. The highest BCUT2D eigenvalue weighted by molar-refractivity contribution is 9.10. The Labute approximate surface area is 132 Å². The number of ether oxygens (including phenoxy) is 1. The summed E-state index contributed by atoms with van der Waals surface area (Å²) in [5, 5.41) is 18.6. The smallest absolute Gasteiger partial charge is 0.312 e. The molecule has 0 fully saturated rings. The van der Waals surface area contributed by atoms with Crippen LogP contribution in [0.2, 0.25) is 0 Å². The molecule has 0 saturated carbocycles. The highest BCUT2D eigenvalue weighted by Gasteiger charge is 2.22.